The van der Waals surface area contributed by atoms with Crippen LogP contribution in [0.25, 0.3) is 0 Å². The first-order valence-corrected chi connectivity index (χ1v) is 6.94. The van der Waals surface area contributed by atoms with Gasteiger partial charge in [0.25, 0.3) is 0 Å². The summed E-state index contributed by atoms with van der Waals surface area (Å²) in [7, 11) is 0. The molecule has 2 atom stereocenters. The average Bonchev–Trinajstić information content (AvgIpc) is 2.22. The number of benzene rings is 1. The minimum absolute atomic E-state index is 0.252. The first kappa shape index (κ1) is 13.0. The third-order valence-corrected chi connectivity index (χ3v) is 4.19. The fourth-order valence-electron chi connectivity index (χ4n) is 2.82. The Hall–Kier alpha value is -0.410. The molecule has 2 unspecified atom stereocenters. The molecule has 3 heteroatoms. The average molecular weight is 301 g/mol. The second-order valence-corrected chi connectivity index (χ2v) is 6.21. The van der Waals surface area contributed by atoms with Gasteiger partial charge in [0.15, 0.2) is 0 Å². The Kier molecular flexibility index (Phi) is 3.88. The lowest BCUT2D eigenvalue weighted by Crippen LogP contribution is -2.36. The van der Waals surface area contributed by atoms with Crippen LogP contribution in [-0.2, 0) is 6.42 Å². The van der Waals surface area contributed by atoms with E-state index in [4.69, 9.17) is 0 Å². The van der Waals surface area contributed by atoms with Crippen molar-refractivity contribution in [1.29, 1.82) is 0 Å². The summed E-state index contributed by atoms with van der Waals surface area (Å²) in [6.45, 7) is 2.19. The zero-order valence-corrected chi connectivity index (χ0v) is 11.6. The van der Waals surface area contributed by atoms with Gasteiger partial charge in [-0.15, -0.1) is 0 Å². The van der Waals surface area contributed by atoms with E-state index in [1.807, 2.05) is 0 Å². The molecule has 0 aliphatic heterocycles. The lowest BCUT2D eigenvalue weighted by Gasteiger charge is -2.35. The van der Waals surface area contributed by atoms with Crippen LogP contribution < -0.4 is 0 Å². The van der Waals surface area contributed by atoms with Crippen molar-refractivity contribution in [2.45, 2.75) is 44.6 Å². The van der Waals surface area contributed by atoms with E-state index in [1.54, 1.807) is 12.1 Å². The van der Waals surface area contributed by atoms with Crippen molar-refractivity contribution in [3.8, 4) is 0 Å². The van der Waals surface area contributed by atoms with Crippen LogP contribution in [0.2, 0.25) is 0 Å². The fourth-order valence-corrected chi connectivity index (χ4v) is 3.25. The van der Waals surface area contributed by atoms with Crippen LogP contribution in [0.3, 0.4) is 0 Å². The zero-order chi connectivity index (χ0) is 12.5. The van der Waals surface area contributed by atoms with Crippen molar-refractivity contribution in [2.75, 3.05) is 0 Å². The van der Waals surface area contributed by atoms with Gasteiger partial charge in [-0.25, -0.2) is 4.39 Å². The van der Waals surface area contributed by atoms with Gasteiger partial charge in [-0.05, 0) is 52.4 Å². The van der Waals surface area contributed by atoms with E-state index < -0.39 is 5.60 Å². The molecule has 1 N–H and O–H groups in total. The van der Waals surface area contributed by atoms with Gasteiger partial charge in [0, 0.05) is 6.42 Å². The molecular weight excluding hydrogens is 283 g/mol. The van der Waals surface area contributed by atoms with Crippen molar-refractivity contribution >= 4 is 15.9 Å². The Morgan fingerprint density at radius 1 is 1.53 bits per heavy atom. The Morgan fingerprint density at radius 3 is 2.94 bits per heavy atom. The lowest BCUT2D eigenvalue weighted by molar-refractivity contribution is -0.0124. The first-order valence-electron chi connectivity index (χ1n) is 6.15. The maximum absolute atomic E-state index is 13.1. The van der Waals surface area contributed by atoms with Crippen LogP contribution in [0.15, 0.2) is 22.7 Å². The van der Waals surface area contributed by atoms with E-state index >= 15 is 0 Å². The van der Waals surface area contributed by atoms with Crippen molar-refractivity contribution in [2.24, 2.45) is 5.92 Å². The zero-order valence-electron chi connectivity index (χ0n) is 10.0. The van der Waals surface area contributed by atoms with Crippen molar-refractivity contribution in [1.82, 2.24) is 0 Å². The Balaban J connectivity index is 2.11. The molecule has 0 saturated heterocycles. The molecule has 0 spiro atoms. The Bertz CT molecular complexity index is 407. The van der Waals surface area contributed by atoms with E-state index in [-0.39, 0.29) is 5.82 Å². The van der Waals surface area contributed by atoms with Crippen LogP contribution in [0.4, 0.5) is 4.39 Å². The fraction of sp³-hybridized carbons (Fsp3) is 0.571. The largest absolute Gasteiger partial charge is 0.390 e. The summed E-state index contributed by atoms with van der Waals surface area (Å²) in [5.74, 6) is 0.329. The summed E-state index contributed by atoms with van der Waals surface area (Å²) < 4.78 is 13.6. The monoisotopic (exact) mass is 300 g/mol. The SMILES string of the molecule is CC1CCCC(O)(Cc2ccc(F)c(Br)c2)C1. The van der Waals surface area contributed by atoms with Gasteiger partial charge in [-0.3, -0.25) is 0 Å². The smallest absolute Gasteiger partial charge is 0.137 e. The molecule has 1 nitrogen and oxygen atoms in total. The third kappa shape index (κ3) is 3.29. The predicted molar refractivity (Wildman–Crippen MR) is 70.4 cm³/mol. The molecule has 94 valence electrons. The lowest BCUT2D eigenvalue weighted by atomic mass is 9.76. The molecule has 2 rings (SSSR count). The number of halogens is 2. The molecule has 0 heterocycles. The third-order valence-electron chi connectivity index (χ3n) is 3.58. The van der Waals surface area contributed by atoms with Crippen LogP contribution in [-0.4, -0.2) is 10.7 Å². The second-order valence-electron chi connectivity index (χ2n) is 5.35. The van der Waals surface area contributed by atoms with E-state index in [2.05, 4.69) is 22.9 Å². The quantitative estimate of drug-likeness (QED) is 0.873. The van der Waals surface area contributed by atoms with Crippen molar-refractivity contribution < 1.29 is 9.50 Å². The van der Waals surface area contributed by atoms with E-state index in [1.165, 1.54) is 12.5 Å². The van der Waals surface area contributed by atoms with Gasteiger partial charge in [0.05, 0.1) is 10.1 Å². The topological polar surface area (TPSA) is 20.2 Å². The number of rotatable bonds is 2. The van der Waals surface area contributed by atoms with Crippen molar-refractivity contribution in [3.05, 3.63) is 34.1 Å². The maximum atomic E-state index is 13.1. The van der Waals surface area contributed by atoms with Gasteiger partial charge < -0.3 is 5.11 Å². The van der Waals surface area contributed by atoms with Gasteiger partial charge in [0.2, 0.25) is 0 Å². The number of hydrogen-bond acceptors (Lipinski definition) is 1. The molecule has 0 amide bonds. The van der Waals surface area contributed by atoms with Gasteiger partial charge >= 0.3 is 0 Å². The summed E-state index contributed by atoms with van der Waals surface area (Å²) in [6.07, 6.45) is 4.61. The van der Waals surface area contributed by atoms with E-state index in [0.29, 0.717) is 16.8 Å². The molecule has 1 aromatic carbocycles. The minimum atomic E-state index is -0.602. The summed E-state index contributed by atoms with van der Waals surface area (Å²) in [5.41, 5.74) is 0.393. The normalized spacial score (nSPS) is 29.3. The standard InChI is InChI=1S/C14H18BrFO/c1-10-3-2-6-14(17,8-10)9-11-4-5-13(16)12(15)7-11/h4-5,7,10,17H,2-3,6,8-9H2,1H3. The highest BCUT2D eigenvalue weighted by Gasteiger charge is 2.32. The van der Waals surface area contributed by atoms with Crippen LogP contribution in [0.1, 0.15) is 38.2 Å². The van der Waals surface area contributed by atoms with Crippen molar-refractivity contribution in [3.63, 3.8) is 0 Å². The van der Waals surface area contributed by atoms with E-state index in [9.17, 15) is 9.50 Å². The molecule has 0 bridgehead atoms. The predicted octanol–water partition coefficient (Wildman–Crippen LogP) is 4.07. The number of hydrogen-bond donors (Lipinski definition) is 1. The van der Waals surface area contributed by atoms with Gasteiger partial charge in [-0.1, -0.05) is 25.8 Å². The highest BCUT2D eigenvalue weighted by molar-refractivity contribution is 9.10. The molecule has 0 radical (unpaired) electrons. The minimum Gasteiger partial charge on any atom is -0.390 e. The van der Waals surface area contributed by atoms with Crippen LogP contribution >= 0.6 is 15.9 Å². The highest BCUT2D eigenvalue weighted by atomic mass is 79.9. The Morgan fingerprint density at radius 2 is 2.29 bits per heavy atom. The summed E-state index contributed by atoms with van der Waals surface area (Å²) in [4.78, 5) is 0. The second kappa shape index (κ2) is 5.07. The molecule has 17 heavy (non-hydrogen) atoms. The van der Waals surface area contributed by atoms with Gasteiger partial charge in [-0.2, -0.15) is 0 Å². The molecule has 1 aliphatic rings. The molecule has 1 saturated carbocycles. The van der Waals surface area contributed by atoms with Crippen LogP contribution in [0, 0.1) is 11.7 Å². The summed E-state index contributed by atoms with van der Waals surface area (Å²) >= 11 is 3.18. The maximum Gasteiger partial charge on any atom is 0.137 e. The molecule has 1 fully saturated rings. The molecule has 1 aliphatic carbocycles. The Labute approximate surface area is 110 Å². The molecule has 1 aromatic rings. The van der Waals surface area contributed by atoms with Gasteiger partial charge in [0.1, 0.15) is 5.82 Å². The molecule has 0 aromatic heterocycles. The van der Waals surface area contributed by atoms with Crippen LogP contribution in [0.5, 0.6) is 0 Å². The van der Waals surface area contributed by atoms with E-state index in [0.717, 1.165) is 24.8 Å². The highest BCUT2D eigenvalue weighted by Crippen LogP contribution is 2.35. The first-order chi connectivity index (χ1) is 7.98. The summed E-state index contributed by atoms with van der Waals surface area (Å²) in [6, 6.07) is 4.99. The molecular formula is C14H18BrFO. The summed E-state index contributed by atoms with van der Waals surface area (Å²) in [5, 5.41) is 10.5. The number of aliphatic hydroxyl groups is 1.